The lowest BCUT2D eigenvalue weighted by Gasteiger charge is -2.17. The van der Waals surface area contributed by atoms with Crippen LogP contribution in [0.1, 0.15) is 11.1 Å². The van der Waals surface area contributed by atoms with Crippen LogP contribution in [-0.2, 0) is 6.54 Å². The van der Waals surface area contributed by atoms with E-state index in [0.29, 0.717) is 0 Å². The number of rotatable bonds is 2. The molecule has 2 fully saturated rings. The third kappa shape index (κ3) is 2.90. The van der Waals surface area contributed by atoms with Crippen molar-refractivity contribution in [1.29, 1.82) is 0 Å². The van der Waals surface area contributed by atoms with Crippen molar-refractivity contribution in [2.75, 3.05) is 26.2 Å². The number of nitrogens with one attached hydrogen (secondary N) is 1. The molecule has 2 aliphatic heterocycles. The summed E-state index contributed by atoms with van der Waals surface area (Å²) in [6, 6.07) is 6.73. The Bertz CT molecular complexity index is 412. The molecule has 0 unspecified atom stereocenters. The standard InChI is InChI=1S/C14H19BrN2.ClH/c1-10-2-3-11(4-14(10)15)7-17-8-12-5-16-6-13(12)9-17;/h2-4,12-13,16H,5-9H2,1H3;1H/t12-,13+;. The molecule has 0 aromatic heterocycles. The molecule has 0 amide bonds. The Kier molecular flexibility index (Phi) is 4.70. The molecule has 1 aromatic rings. The fourth-order valence-electron chi connectivity index (χ4n) is 3.07. The summed E-state index contributed by atoms with van der Waals surface area (Å²) < 4.78 is 1.23. The van der Waals surface area contributed by atoms with Crippen molar-refractivity contribution in [2.45, 2.75) is 13.5 Å². The van der Waals surface area contributed by atoms with Crippen molar-refractivity contribution < 1.29 is 0 Å². The lowest BCUT2D eigenvalue weighted by molar-refractivity contribution is 0.305. The number of aryl methyl sites for hydroxylation is 1. The number of likely N-dealkylation sites (tertiary alicyclic amines) is 1. The van der Waals surface area contributed by atoms with E-state index in [2.05, 4.69) is 51.3 Å². The molecule has 0 bridgehead atoms. The van der Waals surface area contributed by atoms with Crippen molar-refractivity contribution in [3.63, 3.8) is 0 Å². The van der Waals surface area contributed by atoms with Crippen molar-refractivity contribution >= 4 is 28.3 Å². The van der Waals surface area contributed by atoms with E-state index in [1.807, 2.05) is 0 Å². The minimum absolute atomic E-state index is 0. The first-order valence-electron chi connectivity index (χ1n) is 6.40. The van der Waals surface area contributed by atoms with E-state index in [1.165, 1.54) is 41.8 Å². The molecule has 0 radical (unpaired) electrons. The van der Waals surface area contributed by atoms with E-state index >= 15 is 0 Å². The van der Waals surface area contributed by atoms with Gasteiger partial charge in [-0.2, -0.15) is 0 Å². The van der Waals surface area contributed by atoms with Gasteiger partial charge in [0.15, 0.2) is 0 Å². The predicted octanol–water partition coefficient (Wildman–Crippen LogP) is 2.83. The van der Waals surface area contributed by atoms with Crippen LogP contribution >= 0.6 is 28.3 Å². The summed E-state index contributed by atoms with van der Waals surface area (Å²) in [6.07, 6.45) is 0. The molecule has 1 aromatic carbocycles. The Morgan fingerprint density at radius 1 is 1.28 bits per heavy atom. The van der Waals surface area contributed by atoms with E-state index < -0.39 is 0 Å². The molecule has 2 nitrogen and oxygen atoms in total. The maximum Gasteiger partial charge on any atom is 0.0234 e. The van der Waals surface area contributed by atoms with Crippen LogP contribution < -0.4 is 5.32 Å². The first-order chi connectivity index (χ1) is 8.22. The zero-order valence-electron chi connectivity index (χ0n) is 10.7. The van der Waals surface area contributed by atoms with E-state index in [9.17, 15) is 0 Å². The second kappa shape index (κ2) is 5.91. The Labute approximate surface area is 124 Å². The molecule has 100 valence electrons. The van der Waals surface area contributed by atoms with Crippen molar-refractivity contribution in [3.8, 4) is 0 Å². The van der Waals surface area contributed by atoms with Crippen molar-refractivity contribution in [1.82, 2.24) is 10.2 Å². The summed E-state index contributed by atoms with van der Waals surface area (Å²) >= 11 is 3.62. The van der Waals surface area contributed by atoms with Gasteiger partial charge in [0.2, 0.25) is 0 Å². The first kappa shape index (κ1) is 14.3. The average molecular weight is 332 g/mol. The van der Waals surface area contributed by atoms with Crippen LogP contribution in [0, 0.1) is 18.8 Å². The van der Waals surface area contributed by atoms with E-state index in [4.69, 9.17) is 0 Å². The smallest absolute Gasteiger partial charge is 0.0234 e. The maximum absolute atomic E-state index is 3.62. The second-order valence-corrected chi connectivity index (χ2v) is 6.31. The van der Waals surface area contributed by atoms with Crippen molar-refractivity contribution in [2.24, 2.45) is 11.8 Å². The highest BCUT2D eigenvalue weighted by molar-refractivity contribution is 9.10. The quantitative estimate of drug-likeness (QED) is 0.896. The molecular formula is C14H20BrClN2. The van der Waals surface area contributed by atoms with Crippen molar-refractivity contribution in [3.05, 3.63) is 33.8 Å². The molecule has 4 heteroatoms. The summed E-state index contributed by atoms with van der Waals surface area (Å²) in [5.74, 6) is 1.78. The fourth-order valence-corrected chi connectivity index (χ4v) is 3.50. The number of benzene rings is 1. The van der Waals surface area contributed by atoms with Gasteiger partial charge < -0.3 is 5.32 Å². The van der Waals surface area contributed by atoms with Gasteiger partial charge in [-0.1, -0.05) is 28.1 Å². The highest BCUT2D eigenvalue weighted by Crippen LogP contribution is 2.28. The lowest BCUT2D eigenvalue weighted by Crippen LogP contribution is -2.25. The molecule has 2 atom stereocenters. The van der Waals surface area contributed by atoms with Crippen LogP contribution in [0.3, 0.4) is 0 Å². The lowest BCUT2D eigenvalue weighted by atomic mass is 10.0. The first-order valence-corrected chi connectivity index (χ1v) is 7.20. The number of fused-ring (bicyclic) bond motifs is 1. The summed E-state index contributed by atoms with van der Waals surface area (Å²) in [5.41, 5.74) is 2.74. The minimum Gasteiger partial charge on any atom is -0.316 e. The molecular weight excluding hydrogens is 312 g/mol. The second-order valence-electron chi connectivity index (χ2n) is 5.46. The van der Waals surface area contributed by atoms with Gasteiger partial charge in [0.25, 0.3) is 0 Å². The molecule has 2 heterocycles. The summed E-state index contributed by atoms with van der Waals surface area (Å²) in [4.78, 5) is 2.60. The highest BCUT2D eigenvalue weighted by Gasteiger charge is 2.35. The molecule has 0 spiro atoms. The van der Waals surface area contributed by atoms with Gasteiger partial charge in [-0.05, 0) is 49.0 Å². The van der Waals surface area contributed by atoms with Gasteiger partial charge in [-0.25, -0.2) is 0 Å². The zero-order valence-corrected chi connectivity index (χ0v) is 13.1. The SMILES string of the molecule is Cc1ccc(CN2C[C@H]3CNC[C@H]3C2)cc1Br.Cl. The number of nitrogens with zero attached hydrogens (tertiary/aromatic N) is 1. The molecule has 0 saturated carbocycles. The summed E-state index contributed by atoms with van der Waals surface area (Å²) in [7, 11) is 0. The molecule has 1 N–H and O–H groups in total. The third-order valence-electron chi connectivity index (χ3n) is 4.11. The number of halogens is 2. The van der Waals surface area contributed by atoms with Crippen LogP contribution in [0.5, 0.6) is 0 Å². The minimum atomic E-state index is 0. The monoisotopic (exact) mass is 330 g/mol. The van der Waals surface area contributed by atoms with Gasteiger partial charge >= 0.3 is 0 Å². The topological polar surface area (TPSA) is 15.3 Å². The zero-order chi connectivity index (χ0) is 11.8. The van der Waals surface area contributed by atoms with Crippen LogP contribution in [0.4, 0.5) is 0 Å². The Morgan fingerprint density at radius 3 is 2.56 bits per heavy atom. The number of hydrogen-bond acceptors (Lipinski definition) is 2. The molecule has 0 aliphatic carbocycles. The molecule has 2 saturated heterocycles. The van der Waals surface area contributed by atoms with Gasteiger partial charge in [0.05, 0.1) is 0 Å². The maximum atomic E-state index is 3.62. The molecule has 2 aliphatic rings. The fraction of sp³-hybridized carbons (Fsp3) is 0.571. The number of hydrogen-bond donors (Lipinski definition) is 1. The average Bonchev–Trinajstić information content (AvgIpc) is 2.84. The normalized spacial score (nSPS) is 27.0. The molecule has 18 heavy (non-hydrogen) atoms. The predicted molar refractivity (Wildman–Crippen MR) is 81.3 cm³/mol. The van der Waals surface area contributed by atoms with E-state index in [-0.39, 0.29) is 12.4 Å². The third-order valence-corrected chi connectivity index (χ3v) is 4.96. The summed E-state index contributed by atoms with van der Waals surface area (Å²) in [5, 5.41) is 3.49. The van der Waals surface area contributed by atoms with Crippen LogP contribution in [0.15, 0.2) is 22.7 Å². The van der Waals surface area contributed by atoms with Gasteiger partial charge in [-0.3, -0.25) is 4.90 Å². The highest BCUT2D eigenvalue weighted by atomic mass is 79.9. The van der Waals surface area contributed by atoms with Gasteiger partial charge in [0, 0.05) is 24.1 Å². The van der Waals surface area contributed by atoms with Crippen LogP contribution in [-0.4, -0.2) is 31.1 Å². The van der Waals surface area contributed by atoms with E-state index in [0.717, 1.165) is 18.4 Å². The van der Waals surface area contributed by atoms with Gasteiger partial charge in [-0.15, -0.1) is 12.4 Å². The van der Waals surface area contributed by atoms with Crippen LogP contribution in [0.25, 0.3) is 0 Å². The van der Waals surface area contributed by atoms with E-state index in [1.54, 1.807) is 0 Å². The van der Waals surface area contributed by atoms with Crippen LogP contribution in [0.2, 0.25) is 0 Å². The Balaban J connectivity index is 0.00000120. The summed E-state index contributed by atoms with van der Waals surface area (Å²) in [6.45, 7) is 8.22. The molecule has 3 rings (SSSR count). The van der Waals surface area contributed by atoms with Gasteiger partial charge in [0.1, 0.15) is 0 Å². The Morgan fingerprint density at radius 2 is 1.94 bits per heavy atom. The Hall–Kier alpha value is -0.0900. The largest absolute Gasteiger partial charge is 0.316 e.